The Hall–Kier alpha value is -1.79. The average molecular weight is 300 g/mol. The zero-order valence-corrected chi connectivity index (χ0v) is 12.0. The van der Waals surface area contributed by atoms with Crippen molar-refractivity contribution in [2.24, 2.45) is 0 Å². The maximum Gasteiger partial charge on any atom is 0.337 e. The van der Waals surface area contributed by atoms with Gasteiger partial charge in [-0.3, -0.25) is 0 Å². The molecule has 20 heavy (non-hydrogen) atoms. The molecule has 0 bridgehead atoms. The zero-order valence-electron chi connectivity index (χ0n) is 11.1. The van der Waals surface area contributed by atoms with Crippen LogP contribution in [0, 0.1) is 0 Å². The van der Waals surface area contributed by atoms with Crippen molar-refractivity contribution in [2.75, 3.05) is 25.5 Å². The summed E-state index contributed by atoms with van der Waals surface area (Å²) >= 11 is 0. The van der Waals surface area contributed by atoms with Crippen molar-refractivity contribution in [1.82, 2.24) is 10.6 Å². The van der Waals surface area contributed by atoms with E-state index in [1.807, 2.05) is 0 Å². The first kappa shape index (κ1) is 16.3. The number of hydrogen-bond donors (Lipinski definition) is 3. The van der Waals surface area contributed by atoms with Crippen LogP contribution in [0.4, 0.5) is 10.5 Å². The van der Waals surface area contributed by atoms with E-state index >= 15 is 0 Å². The number of anilines is 1. The predicted octanol–water partition coefficient (Wildman–Crippen LogP) is 1.38. The summed E-state index contributed by atoms with van der Waals surface area (Å²) in [5, 5.41) is 8.73. The number of ether oxygens (including phenoxy) is 1. The van der Waals surface area contributed by atoms with E-state index in [4.69, 9.17) is 0 Å². The van der Waals surface area contributed by atoms with Crippen LogP contribution in [0.5, 0.6) is 0 Å². The van der Waals surface area contributed by atoms with Crippen LogP contribution in [0.2, 0.25) is 0 Å². The molecule has 2 amide bonds. The Labute approximate surface area is 123 Å². The summed E-state index contributed by atoms with van der Waals surface area (Å²) in [7, 11) is 1.32. The van der Waals surface area contributed by atoms with Gasteiger partial charge in [0.2, 0.25) is 0 Å². The van der Waals surface area contributed by atoms with Crippen molar-refractivity contribution in [3.8, 4) is 0 Å². The Kier molecular flexibility index (Phi) is 6.27. The van der Waals surface area contributed by atoms with Crippen LogP contribution >= 0.6 is 12.4 Å². The third-order valence-electron chi connectivity index (χ3n) is 2.94. The molecule has 0 aromatic heterocycles. The van der Waals surface area contributed by atoms with E-state index in [2.05, 4.69) is 20.7 Å². The number of methoxy groups -OCH3 is 1. The second-order valence-corrected chi connectivity index (χ2v) is 4.36. The number of rotatable bonds is 3. The first-order chi connectivity index (χ1) is 9.19. The Morgan fingerprint density at radius 2 is 2.20 bits per heavy atom. The van der Waals surface area contributed by atoms with Crippen molar-refractivity contribution in [1.29, 1.82) is 0 Å². The molecule has 1 unspecified atom stereocenters. The Morgan fingerprint density at radius 3 is 2.85 bits per heavy atom. The molecule has 0 spiro atoms. The standard InChI is InChI=1S/C13H17N3O3.ClH/c1-19-12(17)9-3-2-4-10(7-9)15-13(18)16-11-5-6-14-8-11;/h2-4,7,11,14H,5-6,8H2,1H3,(H2,15,16,18);1H. The van der Waals surface area contributed by atoms with Gasteiger partial charge in [0.25, 0.3) is 0 Å². The molecule has 1 fully saturated rings. The van der Waals surface area contributed by atoms with Gasteiger partial charge in [-0.25, -0.2) is 9.59 Å². The molecule has 3 N–H and O–H groups in total. The van der Waals surface area contributed by atoms with Crippen molar-refractivity contribution in [2.45, 2.75) is 12.5 Å². The quantitative estimate of drug-likeness (QED) is 0.737. The van der Waals surface area contributed by atoms with E-state index in [1.165, 1.54) is 7.11 Å². The lowest BCUT2D eigenvalue weighted by molar-refractivity contribution is 0.0600. The fourth-order valence-corrected chi connectivity index (χ4v) is 1.97. The summed E-state index contributed by atoms with van der Waals surface area (Å²) in [6, 6.07) is 6.52. The molecule has 0 radical (unpaired) electrons. The number of carbonyl (C=O) groups excluding carboxylic acids is 2. The highest BCUT2D eigenvalue weighted by Gasteiger charge is 2.16. The minimum atomic E-state index is -0.427. The molecule has 1 heterocycles. The van der Waals surface area contributed by atoms with Gasteiger partial charge < -0.3 is 20.7 Å². The second-order valence-electron chi connectivity index (χ2n) is 4.36. The molecule has 7 heteroatoms. The largest absolute Gasteiger partial charge is 0.465 e. The summed E-state index contributed by atoms with van der Waals surface area (Å²) in [6.07, 6.45) is 0.926. The molecule has 1 atom stereocenters. The first-order valence-electron chi connectivity index (χ1n) is 6.15. The zero-order chi connectivity index (χ0) is 13.7. The van der Waals surface area contributed by atoms with Gasteiger partial charge in [-0.1, -0.05) is 6.07 Å². The smallest absolute Gasteiger partial charge is 0.337 e. The number of hydrogen-bond acceptors (Lipinski definition) is 4. The predicted molar refractivity (Wildman–Crippen MR) is 78.5 cm³/mol. The summed E-state index contributed by atoms with van der Waals surface area (Å²) in [5.74, 6) is -0.427. The highest BCUT2D eigenvalue weighted by atomic mass is 35.5. The average Bonchev–Trinajstić information content (AvgIpc) is 2.90. The number of urea groups is 1. The van der Waals surface area contributed by atoms with Gasteiger partial charge in [-0.05, 0) is 31.2 Å². The van der Waals surface area contributed by atoms with Crippen LogP contribution in [0.3, 0.4) is 0 Å². The fourth-order valence-electron chi connectivity index (χ4n) is 1.97. The van der Waals surface area contributed by atoms with Crippen LogP contribution in [-0.2, 0) is 4.74 Å². The second kappa shape index (κ2) is 7.72. The van der Waals surface area contributed by atoms with E-state index in [1.54, 1.807) is 24.3 Å². The molecule has 1 aliphatic rings. The highest BCUT2D eigenvalue weighted by molar-refractivity contribution is 5.93. The van der Waals surface area contributed by atoms with Crippen molar-refractivity contribution >= 4 is 30.1 Å². The minimum Gasteiger partial charge on any atom is -0.465 e. The van der Waals surface area contributed by atoms with Crippen LogP contribution < -0.4 is 16.0 Å². The molecule has 1 saturated heterocycles. The maximum absolute atomic E-state index is 11.8. The number of halogens is 1. The third-order valence-corrected chi connectivity index (χ3v) is 2.94. The van der Waals surface area contributed by atoms with Crippen LogP contribution in [0.25, 0.3) is 0 Å². The summed E-state index contributed by atoms with van der Waals surface area (Å²) < 4.78 is 4.63. The molecule has 0 aliphatic carbocycles. The molecule has 110 valence electrons. The van der Waals surface area contributed by atoms with E-state index in [9.17, 15) is 9.59 Å². The van der Waals surface area contributed by atoms with Gasteiger partial charge in [-0.2, -0.15) is 0 Å². The Morgan fingerprint density at radius 1 is 1.40 bits per heavy atom. The first-order valence-corrected chi connectivity index (χ1v) is 6.15. The lowest BCUT2D eigenvalue weighted by Crippen LogP contribution is -2.39. The lowest BCUT2D eigenvalue weighted by Gasteiger charge is -2.12. The van der Waals surface area contributed by atoms with Crippen molar-refractivity contribution < 1.29 is 14.3 Å². The Bertz CT molecular complexity index is 476. The summed E-state index contributed by atoms with van der Waals surface area (Å²) in [4.78, 5) is 23.1. The molecule has 1 aromatic carbocycles. The minimum absolute atomic E-state index is 0. The number of amides is 2. The van der Waals surface area contributed by atoms with Gasteiger partial charge in [0.1, 0.15) is 0 Å². The van der Waals surface area contributed by atoms with Crippen LogP contribution in [0.15, 0.2) is 24.3 Å². The van der Waals surface area contributed by atoms with E-state index in [0.29, 0.717) is 11.3 Å². The molecule has 2 rings (SSSR count). The normalized spacial score (nSPS) is 16.9. The number of carbonyl (C=O) groups is 2. The van der Waals surface area contributed by atoms with Crippen LogP contribution in [0.1, 0.15) is 16.8 Å². The summed E-state index contributed by atoms with van der Waals surface area (Å²) in [6.45, 7) is 1.71. The van der Waals surface area contributed by atoms with Crippen molar-refractivity contribution in [3.05, 3.63) is 29.8 Å². The number of nitrogens with one attached hydrogen (secondary N) is 3. The molecule has 6 nitrogen and oxygen atoms in total. The number of esters is 1. The van der Waals surface area contributed by atoms with E-state index < -0.39 is 5.97 Å². The molecule has 1 aliphatic heterocycles. The maximum atomic E-state index is 11.8. The van der Waals surface area contributed by atoms with Gasteiger partial charge >= 0.3 is 12.0 Å². The van der Waals surface area contributed by atoms with Gasteiger partial charge in [0.15, 0.2) is 0 Å². The SMILES string of the molecule is COC(=O)c1cccc(NC(=O)NC2CCNC2)c1.Cl. The van der Waals surface area contributed by atoms with Gasteiger partial charge in [0.05, 0.1) is 12.7 Å². The fraction of sp³-hybridized carbons (Fsp3) is 0.385. The van der Waals surface area contributed by atoms with Crippen molar-refractivity contribution in [3.63, 3.8) is 0 Å². The molecule has 1 aromatic rings. The monoisotopic (exact) mass is 299 g/mol. The van der Waals surface area contributed by atoms with E-state index in [0.717, 1.165) is 19.5 Å². The molecule has 0 saturated carbocycles. The van der Waals surface area contributed by atoms with Gasteiger partial charge in [-0.15, -0.1) is 12.4 Å². The third kappa shape index (κ3) is 4.40. The van der Waals surface area contributed by atoms with E-state index in [-0.39, 0.29) is 24.5 Å². The molecular formula is C13H18ClN3O3. The summed E-state index contributed by atoms with van der Waals surface area (Å²) in [5.41, 5.74) is 0.967. The van der Waals surface area contributed by atoms with Crippen LogP contribution in [-0.4, -0.2) is 38.2 Å². The lowest BCUT2D eigenvalue weighted by atomic mass is 10.2. The van der Waals surface area contributed by atoms with Gasteiger partial charge in [0, 0.05) is 18.3 Å². The Balaban J connectivity index is 0.00000200. The highest BCUT2D eigenvalue weighted by Crippen LogP contribution is 2.11. The molecular weight excluding hydrogens is 282 g/mol. The number of benzene rings is 1. The topological polar surface area (TPSA) is 79.5 Å².